The fourth-order valence-corrected chi connectivity index (χ4v) is 2.13. The monoisotopic (exact) mass is 300 g/mol. The van der Waals surface area contributed by atoms with Crippen molar-refractivity contribution in [1.82, 2.24) is 0 Å². The Labute approximate surface area is 122 Å². The van der Waals surface area contributed by atoms with E-state index in [-0.39, 0.29) is 12.4 Å². The molecule has 0 aromatic heterocycles. The molecule has 7 heteroatoms. The first-order valence-corrected chi connectivity index (χ1v) is 6.65. The number of ether oxygens (including phenoxy) is 2. The zero-order chi connectivity index (χ0) is 15.6. The molecular formula is C14H20O7. The highest BCUT2D eigenvalue weighted by Crippen LogP contribution is 2.28. The molecule has 118 valence electrons. The Bertz CT molecular complexity index is 459. The average molecular weight is 300 g/mol. The largest absolute Gasteiger partial charge is 0.508 e. The molecule has 1 aromatic rings. The fraction of sp³-hybridized carbons (Fsp3) is 0.571. The minimum atomic E-state index is -2.00. The van der Waals surface area contributed by atoms with Crippen LogP contribution >= 0.6 is 0 Å². The van der Waals surface area contributed by atoms with E-state index < -0.39 is 30.4 Å². The summed E-state index contributed by atoms with van der Waals surface area (Å²) in [5, 5.41) is 47.9. The fourth-order valence-electron chi connectivity index (χ4n) is 2.13. The van der Waals surface area contributed by atoms with Crippen molar-refractivity contribution < 1.29 is 35.0 Å². The number of aliphatic hydroxyl groups excluding tert-OH is 3. The molecule has 0 aliphatic carbocycles. The van der Waals surface area contributed by atoms with Gasteiger partial charge in [0.15, 0.2) is 12.1 Å². The Hall–Kier alpha value is -1.22. The molecular weight excluding hydrogens is 280 g/mol. The summed E-state index contributed by atoms with van der Waals surface area (Å²) in [5.74, 6) is -1.83. The van der Waals surface area contributed by atoms with Crippen LogP contribution in [0.15, 0.2) is 24.3 Å². The molecule has 5 N–H and O–H groups in total. The predicted molar refractivity (Wildman–Crippen MR) is 71.3 cm³/mol. The number of phenols is 1. The van der Waals surface area contributed by atoms with E-state index in [1.165, 1.54) is 6.92 Å². The lowest BCUT2D eigenvalue weighted by Gasteiger charge is -2.43. The van der Waals surface area contributed by atoms with Gasteiger partial charge in [-0.3, -0.25) is 0 Å². The summed E-state index contributed by atoms with van der Waals surface area (Å²) >= 11 is 0. The van der Waals surface area contributed by atoms with Gasteiger partial charge < -0.3 is 35.0 Å². The van der Waals surface area contributed by atoms with Crippen LogP contribution in [0.2, 0.25) is 0 Å². The molecule has 1 heterocycles. The van der Waals surface area contributed by atoms with E-state index in [1.54, 1.807) is 24.3 Å². The van der Waals surface area contributed by atoms with Crippen LogP contribution in [0.4, 0.5) is 0 Å². The zero-order valence-electron chi connectivity index (χ0n) is 11.6. The third kappa shape index (κ3) is 3.70. The van der Waals surface area contributed by atoms with E-state index in [2.05, 4.69) is 0 Å². The molecule has 0 spiro atoms. The van der Waals surface area contributed by atoms with Crippen molar-refractivity contribution in [2.45, 2.75) is 43.7 Å². The number of rotatable bonds is 4. The van der Waals surface area contributed by atoms with E-state index in [9.17, 15) is 20.4 Å². The van der Waals surface area contributed by atoms with Crippen molar-refractivity contribution in [2.75, 3.05) is 6.61 Å². The van der Waals surface area contributed by atoms with E-state index in [4.69, 9.17) is 14.6 Å². The van der Waals surface area contributed by atoms with E-state index in [1.807, 2.05) is 0 Å². The second-order valence-electron chi connectivity index (χ2n) is 5.25. The smallest absolute Gasteiger partial charge is 0.194 e. The number of hydrogen-bond donors (Lipinski definition) is 5. The van der Waals surface area contributed by atoms with Gasteiger partial charge in [0.1, 0.15) is 24.1 Å². The predicted octanol–water partition coefficient (Wildman–Crippen LogP) is -0.901. The van der Waals surface area contributed by atoms with Crippen LogP contribution in [0.1, 0.15) is 12.5 Å². The molecule has 1 fully saturated rings. The van der Waals surface area contributed by atoms with Gasteiger partial charge >= 0.3 is 0 Å². The minimum absolute atomic E-state index is 0.166. The Kier molecular flexibility index (Phi) is 4.82. The molecule has 21 heavy (non-hydrogen) atoms. The van der Waals surface area contributed by atoms with Crippen LogP contribution in [-0.4, -0.2) is 62.5 Å². The van der Waals surface area contributed by atoms with Crippen molar-refractivity contribution in [1.29, 1.82) is 0 Å². The Balaban J connectivity index is 1.89. The second kappa shape index (κ2) is 6.27. The standard InChI is InChI=1S/C14H20O7/c1-14(19)12(18)10(16)11(17)13(21-14)20-7-6-8-2-4-9(15)5-3-8/h2-5,10-13,15-19H,6-7H2,1H3. The maximum atomic E-state index is 9.80. The first kappa shape index (κ1) is 16.2. The summed E-state index contributed by atoms with van der Waals surface area (Å²) in [4.78, 5) is 0. The van der Waals surface area contributed by atoms with Crippen molar-refractivity contribution in [2.24, 2.45) is 0 Å². The number of phenolic OH excluding ortho intramolecular Hbond substituents is 1. The van der Waals surface area contributed by atoms with Crippen LogP contribution in [0.25, 0.3) is 0 Å². The summed E-state index contributed by atoms with van der Waals surface area (Å²) in [6.07, 6.45) is -5.39. The minimum Gasteiger partial charge on any atom is -0.508 e. The SMILES string of the molecule is CC1(O)OC(OCCc2ccc(O)cc2)C(O)C(O)C1O. The Morgan fingerprint density at radius 3 is 2.38 bits per heavy atom. The van der Waals surface area contributed by atoms with Crippen molar-refractivity contribution in [3.63, 3.8) is 0 Å². The van der Waals surface area contributed by atoms with Crippen molar-refractivity contribution >= 4 is 0 Å². The Morgan fingerprint density at radius 2 is 1.76 bits per heavy atom. The lowest BCUT2D eigenvalue weighted by Crippen LogP contribution is -2.63. The van der Waals surface area contributed by atoms with Crippen LogP contribution in [0.5, 0.6) is 5.75 Å². The van der Waals surface area contributed by atoms with Crippen molar-refractivity contribution in [3.8, 4) is 5.75 Å². The molecule has 5 atom stereocenters. The van der Waals surface area contributed by atoms with Gasteiger partial charge in [0.05, 0.1) is 6.61 Å². The molecule has 0 bridgehead atoms. The molecule has 1 saturated heterocycles. The summed E-state index contributed by atoms with van der Waals surface area (Å²) < 4.78 is 10.4. The normalized spacial score (nSPS) is 36.6. The molecule has 5 unspecified atom stereocenters. The van der Waals surface area contributed by atoms with E-state index >= 15 is 0 Å². The second-order valence-corrected chi connectivity index (χ2v) is 5.25. The van der Waals surface area contributed by atoms with E-state index in [0.717, 1.165) is 5.56 Å². The summed E-state index contributed by atoms with van der Waals surface area (Å²) in [6, 6.07) is 6.55. The molecule has 0 saturated carbocycles. The van der Waals surface area contributed by atoms with Crippen molar-refractivity contribution in [3.05, 3.63) is 29.8 Å². The highest BCUT2D eigenvalue weighted by atomic mass is 16.8. The number of aliphatic hydroxyl groups is 4. The topological polar surface area (TPSA) is 120 Å². The summed E-state index contributed by atoms with van der Waals surface area (Å²) in [5.41, 5.74) is 0.908. The summed E-state index contributed by atoms with van der Waals surface area (Å²) in [7, 11) is 0. The van der Waals surface area contributed by atoms with Crippen LogP contribution in [-0.2, 0) is 15.9 Å². The van der Waals surface area contributed by atoms with Gasteiger partial charge in [-0.2, -0.15) is 0 Å². The number of aromatic hydroxyl groups is 1. The van der Waals surface area contributed by atoms with Gasteiger partial charge in [0.25, 0.3) is 0 Å². The molecule has 1 aromatic carbocycles. The third-order valence-corrected chi connectivity index (χ3v) is 3.46. The third-order valence-electron chi connectivity index (χ3n) is 3.46. The quantitative estimate of drug-likeness (QED) is 0.489. The van der Waals surface area contributed by atoms with Gasteiger partial charge in [-0.15, -0.1) is 0 Å². The van der Waals surface area contributed by atoms with Crippen LogP contribution in [0, 0.1) is 0 Å². The Morgan fingerprint density at radius 1 is 1.14 bits per heavy atom. The molecule has 0 radical (unpaired) electrons. The van der Waals surface area contributed by atoms with E-state index in [0.29, 0.717) is 6.42 Å². The first-order chi connectivity index (χ1) is 9.81. The van der Waals surface area contributed by atoms with Gasteiger partial charge in [-0.1, -0.05) is 12.1 Å². The molecule has 7 nitrogen and oxygen atoms in total. The first-order valence-electron chi connectivity index (χ1n) is 6.65. The number of hydrogen-bond acceptors (Lipinski definition) is 7. The maximum Gasteiger partial charge on any atom is 0.194 e. The molecule has 2 rings (SSSR count). The van der Waals surface area contributed by atoms with Gasteiger partial charge in [0, 0.05) is 0 Å². The highest BCUT2D eigenvalue weighted by molar-refractivity contribution is 5.25. The maximum absolute atomic E-state index is 9.80. The van der Waals surface area contributed by atoms with Gasteiger partial charge in [-0.05, 0) is 31.0 Å². The van der Waals surface area contributed by atoms with Gasteiger partial charge in [-0.25, -0.2) is 0 Å². The molecule has 0 amide bonds. The van der Waals surface area contributed by atoms with Crippen LogP contribution < -0.4 is 0 Å². The molecule has 1 aliphatic rings. The average Bonchev–Trinajstić information content (AvgIpc) is 2.44. The van der Waals surface area contributed by atoms with Crippen LogP contribution in [0.3, 0.4) is 0 Å². The van der Waals surface area contributed by atoms with Gasteiger partial charge in [0.2, 0.25) is 0 Å². The highest BCUT2D eigenvalue weighted by Gasteiger charge is 2.50. The zero-order valence-corrected chi connectivity index (χ0v) is 11.6. The number of benzene rings is 1. The summed E-state index contributed by atoms with van der Waals surface area (Å²) in [6.45, 7) is 1.36. The molecule has 1 aliphatic heterocycles. The lowest BCUT2D eigenvalue weighted by atomic mass is 9.97. The lowest BCUT2D eigenvalue weighted by molar-refractivity contribution is -0.384.